The molecule has 1 aromatic rings. The Hall–Kier alpha value is -2.06. The summed E-state index contributed by atoms with van der Waals surface area (Å²) in [6.45, 7) is 7.15. The van der Waals surface area contributed by atoms with Crippen LogP contribution in [0.1, 0.15) is 56.6 Å². The molecule has 34 heavy (non-hydrogen) atoms. The second kappa shape index (κ2) is 10.3. The van der Waals surface area contributed by atoms with Gasteiger partial charge in [-0.25, -0.2) is 0 Å². The predicted octanol–water partition coefficient (Wildman–Crippen LogP) is 3.02. The molecule has 3 aliphatic heterocycles. The number of aliphatic hydroxyl groups is 1. The lowest BCUT2D eigenvalue weighted by molar-refractivity contribution is -0.139. The van der Waals surface area contributed by atoms with E-state index in [4.69, 9.17) is 5.11 Å². The van der Waals surface area contributed by atoms with Crippen LogP contribution in [0.2, 0.25) is 0 Å². The van der Waals surface area contributed by atoms with E-state index in [0.717, 1.165) is 48.9 Å². The minimum Gasteiger partial charge on any atom is -0.396 e. The molecule has 3 saturated heterocycles. The minimum atomic E-state index is -0.600. The lowest BCUT2D eigenvalue weighted by Crippen LogP contribution is -2.52. The molecule has 3 amide bonds. The van der Waals surface area contributed by atoms with Gasteiger partial charge in [0, 0.05) is 30.6 Å². The van der Waals surface area contributed by atoms with Crippen LogP contribution < -0.4 is 10.6 Å². The van der Waals surface area contributed by atoms with Crippen molar-refractivity contribution in [1.82, 2.24) is 10.2 Å². The lowest BCUT2D eigenvalue weighted by atomic mass is 9.70. The SMILES string of the molecule is CCCNC(=O)[C@@H]1[C@@H]2CCC3(S2)C(C(=O)Nc2c(C)cccc2C)N(CCCCCO)C(=O)[C@H]13. The van der Waals surface area contributed by atoms with Crippen LogP contribution in [0.25, 0.3) is 0 Å². The number of anilines is 1. The van der Waals surface area contributed by atoms with Crippen molar-refractivity contribution in [2.45, 2.75) is 75.3 Å². The Balaban J connectivity index is 1.65. The maximum Gasteiger partial charge on any atom is 0.248 e. The summed E-state index contributed by atoms with van der Waals surface area (Å²) in [6, 6.07) is 5.31. The topological polar surface area (TPSA) is 98.7 Å². The summed E-state index contributed by atoms with van der Waals surface area (Å²) in [5, 5.41) is 15.4. The quantitative estimate of drug-likeness (QED) is 0.441. The van der Waals surface area contributed by atoms with Gasteiger partial charge in [-0.3, -0.25) is 14.4 Å². The van der Waals surface area contributed by atoms with Crippen LogP contribution in [0.15, 0.2) is 18.2 Å². The molecular weight excluding hydrogens is 450 g/mol. The molecule has 3 N–H and O–H groups in total. The number of hydrogen-bond acceptors (Lipinski definition) is 5. The zero-order valence-electron chi connectivity index (χ0n) is 20.4. The first-order valence-electron chi connectivity index (χ1n) is 12.6. The van der Waals surface area contributed by atoms with Gasteiger partial charge in [0.2, 0.25) is 17.7 Å². The van der Waals surface area contributed by atoms with Crippen LogP contribution in [0, 0.1) is 25.7 Å². The van der Waals surface area contributed by atoms with E-state index in [-0.39, 0.29) is 35.5 Å². The van der Waals surface area contributed by atoms with Gasteiger partial charge in [-0.15, -0.1) is 11.8 Å². The Morgan fingerprint density at radius 2 is 1.91 bits per heavy atom. The molecular formula is C26H37N3O4S. The zero-order valence-corrected chi connectivity index (χ0v) is 21.2. The predicted molar refractivity (Wildman–Crippen MR) is 135 cm³/mol. The van der Waals surface area contributed by atoms with E-state index in [0.29, 0.717) is 19.5 Å². The molecule has 3 aliphatic rings. The summed E-state index contributed by atoms with van der Waals surface area (Å²) in [4.78, 5) is 42.6. The molecule has 0 saturated carbocycles. The van der Waals surface area contributed by atoms with Gasteiger partial charge in [-0.2, -0.15) is 0 Å². The third-order valence-electron chi connectivity index (χ3n) is 7.69. The van der Waals surface area contributed by atoms with Gasteiger partial charge in [0.25, 0.3) is 0 Å². The van der Waals surface area contributed by atoms with Crippen molar-refractivity contribution in [3.05, 3.63) is 29.3 Å². The van der Waals surface area contributed by atoms with Crippen LogP contribution >= 0.6 is 11.8 Å². The molecule has 0 aromatic heterocycles. The highest BCUT2D eigenvalue weighted by Crippen LogP contribution is 2.66. The number of nitrogens with zero attached hydrogens (tertiary/aromatic N) is 1. The molecule has 1 aromatic carbocycles. The summed E-state index contributed by atoms with van der Waals surface area (Å²) in [6.07, 6.45) is 4.66. The molecule has 2 unspecified atom stereocenters. The number of para-hydroxylation sites is 1. The second-order valence-electron chi connectivity index (χ2n) is 9.92. The Morgan fingerprint density at radius 3 is 2.59 bits per heavy atom. The molecule has 3 fully saturated rings. The van der Waals surface area contributed by atoms with Gasteiger partial charge >= 0.3 is 0 Å². The Kier molecular flexibility index (Phi) is 7.57. The molecule has 2 bridgehead atoms. The monoisotopic (exact) mass is 487 g/mol. The first-order valence-corrected chi connectivity index (χ1v) is 13.5. The van der Waals surface area contributed by atoms with E-state index < -0.39 is 16.7 Å². The molecule has 0 aliphatic carbocycles. The third kappa shape index (κ3) is 4.24. The van der Waals surface area contributed by atoms with Gasteiger partial charge in [0.05, 0.1) is 16.6 Å². The van der Waals surface area contributed by atoms with Crippen molar-refractivity contribution in [2.75, 3.05) is 25.0 Å². The van der Waals surface area contributed by atoms with E-state index in [1.54, 1.807) is 16.7 Å². The van der Waals surface area contributed by atoms with E-state index in [1.165, 1.54) is 0 Å². The summed E-state index contributed by atoms with van der Waals surface area (Å²) in [5.74, 6) is -1.10. The number of nitrogens with one attached hydrogen (secondary N) is 2. The van der Waals surface area contributed by atoms with E-state index >= 15 is 0 Å². The number of carbonyl (C=O) groups is 3. The number of carbonyl (C=O) groups excluding carboxylic acids is 3. The highest BCUT2D eigenvalue weighted by atomic mass is 32.2. The van der Waals surface area contributed by atoms with Gasteiger partial charge < -0.3 is 20.6 Å². The first-order chi connectivity index (χ1) is 16.4. The van der Waals surface area contributed by atoms with Crippen LogP contribution in [0.5, 0.6) is 0 Å². The molecule has 5 atom stereocenters. The summed E-state index contributed by atoms with van der Waals surface area (Å²) in [7, 11) is 0. The Bertz CT molecular complexity index is 934. The van der Waals surface area contributed by atoms with Crippen LogP contribution in [0.4, 0.5) is 5.69 Å². The standard InChI is InChI=1S/C26H37N3O4S/c1-4-13-27-23(31)19-18-11-12-26(34-18)20(19)25(33)29(14-6-5-7-15-30)22(26)24(32)28-21-16(2)9-8-10-17(21)3/h8-10,18-20,22,30H,4-7,11-15H2,1-3H3,(H,27,31)(H,28,32)/t18-,19+,20-,22?,26?/m0/s1. The maximum atomic E-state index is 13.9. The molecule has 1 spiro atoms. The van der Waals surface area contributed by atoms with Gasteiger partial charge in [0.15, 0.2) is 0 Å². The Labute approximate surface area is 206 Å². The third-order valence-corrected chi connectivity index (χ3v) is 9.64. The van der Waals surface area contributed by atoms with Gasteiger partial charge in [-0.05, 0) is 63.5 Å². The van der Waals surface area contributed by atoms with Crippen molar-refractivity contribution in [3.8, 4) is 0 Å². The zero-order chi connectivity index (χ0) is 24.5. The number of aliphatic hydroxyl groups excluding tert-OH is 1. The molecule has 8 heteroatoms. The number of likely N-dealkylation sites (tertiary alicyclic amines) is 1. The van der Waals surface area contributed by atoms with Crippen molar-refractivity contribution in [1.29, 1.82) is 0 Å². The summed E-state index contributed by atoms with van der Waals surface area (Å²) >= 11 is 1.70. The van der Waals surface area contributed by atoms with E-state index in [9.17, 15) is 14.4 Å². The largest absolute Gasteiger partial charge is 0.396 e. The number of hydrogen-bond donors (Lipinski definition) is 3. The van der Waals surface area contributed by atoms with Crippen molar-refractivity contribution in [2.24, 2.45) is 11.8 Å². The fraction of sp³-hybridized carbons (Fsp3) is 0.654. The van der Waals surface area contributed by atoms with Crippen molar-refractivity contribution >= 4 is 35.2 Å². The van der Waals surface area contributed by atoms with Gasteiger partial charge in [0.1, 0.15) is 6.04 Å². The van der Waals surface area contributed by atoms with Crippen LogP contribution in [-0.2, 0) is 14.4 Å². The average Bonchev–Trinajstić information content (AvgIpc) is 3.45. The number of aryl methyl sites for hydroxylation is 2. The lowest BCUT2D eigenvalue weighted by Gasteiger charge is -2.34. The Morgan fingerprint density at radius 1 is 1.18 bits per heavy atom. The minimum absolute atomic E-state index is 0.0460. The maximum absolute atomic E-state index is 13.9. The number of amides is 3. The van der Waals surface area contributed by atoms with E-state index in [1.807, 2.05) is 39.0 Å². The van der Waals surface area contributed by atoms with E-state index in [2.05, 4.69) is 10.6 Å². The summed E-state index contributed by atoms with van der Waals surface area (Å²) in [5.41, 5.74) is 2.78. The fourth-order valence-electron chi connectivity index (χ4n) is 6.13. The number of fused-ring (bicyclic) bond motifs is 1. The number of unbranched alkanes of at least 4 members (excludes halogenated alkanes) is 2. The van der Waals surface area contributed by atoms with Crippen molar-refractivity contribution in [3.63, 3.8) is 0 Å². The summed E-state index contributed by atoms with van der Waals surface area (Å²) < 4.78 is -0.562. The highest BCUT2D eigenvalue weighted by Gasteiger charge is 2.73. The number of benzene rings is 1. The molecule has 4 rings (SSSR count). The molecule has 186 valence electrons. The van der Waals surface area contributed by atoms with Crippen LogP contribution in [0.3, 0.4) is 0 Å². The van der Waals surface area contributed by atoms with Crippen molar-refractivity contribution < 1.29 is 19.5 Å². The molecule has 3 heterocycles. The van der Waals surface area contributed by atoms with Crippen LogP contribution in [-0.4, -0.2) is 63.5 Å². The van der Waals surface area contributed by atoms with Gasteiger partial charge in [-0.1, -0.05) is 25.1 Å². The number of rotatable bonds is 10. The molecule has 0 radical (unpaired) electrons. The second-order valence-corrected chi connectivity index (χ2v) is 11.5. The first kappa shape index (κ1) is 25.0. The average molecular weight is 488 g/mol. The fourth-order valence-corrected chi connectivity index (χ4v) is 8.35. The number of thioether (sulfide) groups is 1. The normalized spacial score (nSPS) is 29.4. The molecule has 7 nitrogen and oxygen atoms in total. The highest BCUT2D eigenvalue weighted by molar-refractivity contribution is 8.02. The smallest absolute Gasteiger partial charge is 0.248 e.